The average Bonchev–Trinajstić information content (AvgIpc) is 2.71. The van der Waals surface area contributed by atoms with Gasteiger partial charge < -0.3 is 5.32 Å². The molecule has 1 saturated heterocycles. The van der Waals surface area contributed by atoms with Crippen LogP contribution < -0.4 is 5.32 Å². The third kappa shape index (κ3) is 2.82. The van der Waals surface area contributed by atoms with Gasteiger partial charge in [-0.3, -0.25) is 0 Å². The van der Waals surface area contributed by atoms with Crippen molar-refractivity contribution >= 4 is 29.1 Å². The quantitative estimate of drug-likeness (QED) is 0.806. The highest BCUT2D eigenvalue weighted by Crippen LogP contribution is 2.29. The van der Waals surface area contributed by atoms with Crippen LogP contribution in [0.2, 0.25) is 0 Å². The Hall–Kier alpha value is -0.340. The lowest BCUT2D eigenvalue weighted by atomic mass is 10.1. The zero-order valence-corrected chi connectivity index (χ0v) is 10.4. The van der Waals surface area contributed by atoms with Gasteiger partial charge in [-0.1, -0.05) is 18.2 Å². The molecule has 1 fully saturated rings. The molecule has 0 aliphatic carbocycles. The predicted molar refractivity (Wildman–Crippen MR) is 70.1 cm³/mol. The molecule has 2 unspecified atom stereocenters. The summed E-state index contributed by atoms with van der Waals surface area (Å²) in [7, 11) is 0. The number of rotatable bonds is 3. The van der Waals surface area contributed by atoms with Crippen molar-refractivity contribution in [2.24, 2.45) is 0 Å². The van der Waals surface area contributed by atoms with Gasteiger partial charge in [-0.15, -0.1) is 11.6 Å². The van der Waals surface area contributed by atoms with Gasteiger partial charge in [0, 0.05) is 17.5 Å². The van der Waals surface area contributed by atoms with Crippen LogP contribution in [0.1, 0.15) is 24.3 Å². The van der Waals surface area contributed by atoms with Gasteiger partial charge in [0.1, 0.15) is 0 Å². The zero-order chi connectivity index (χ0) is 10.7. The number of nitrogens with one attached hydrogen (secondary N) is 1. The van der Waals surface area contributed by atoms with E-state index in [-0.39, 0.29) is 5.38 Å². The molecule has 0 radical (unpaired) electrons. The number of hydrogen-bond donors (Lipinski definition) is 1. The Morgan fingerprint density at radius 2 is 2.27 bits per heavy atom. The van der Waals surface area contributed by atoms with Crippen LogP contribution in [0.15, 0.2) is 24.3 Å². The summed E-state index contributed by atoms with van der Waals surface area (Å²) in [6.07, 6.45) is 1.26. The first-order chi connectivity index (χ1) is 7.27. The fourth-order valence-electron chi connectivity index (χ4n) is 1.84. The summed E-state index contributed by atoms with van der Waals surface area (Å²) in [5.41, 5.74) is 2.41. The monoisotopic (exact) mass is 241 g/mol. The van der Waals surface area contributed by atoms with Gasteiger partial charge >= 0.3 is 0 Å². The summed E-state index contributed by atoms with van der Waals surface area (Å²) in [6.45, 7) is 2.02. The fraction of sp³-hybridized carbons (Fsp3) is 0.500. The molecule has 1 aliphatic rings. The van der Waals surface area contributed by atoms with Gasteiger partial charge in [-0.05, 0) is 30.7 Å². The second-order valence-electron chi connectivity index (χ2n) is 3.91. The lowest BCUT2D eigenvalue weighted by Gasteiger charge is -2.17. The summed E-state index contributed by atoms with van der Waals surface area (Å²) in [6, 6.07) is 8.95. The van der Waals surface area contributed by atoms with Crippen LogP contribution in [0.3, 0.4) is 0 Å². The summed E-state index contributed by atoms with van der Waals surface area (Å²) >= 11 is 8.17. The molecular formula is C12H16ClNS. The Balaban J connectivity index is 2.12. The van der Waals surface area contributed by atoms with E-state index in [2.05, 4.69) is 23.5 Å². The molecule has 1 heterocycles. The van der Waals surface area contributed by atoms with Crippen molar-refractivity contribution < 1.29 is 0 Å². The van der Waals surface area contributed by atoms with Gasteiger partial charge in [-0.25, -0.2) is 0 Å². The molecule has 1 aliphatic heterocycles. The van der Waals surface area contributed by atoms with E-state index >= 15 is 0 Å². The summed E-state index contributed by atoms with van der Waals surface area (Å²) in [4.78, 5) is 0. The molecular weight excluding hydrogens is 226 g/mol. The van der Waals surface area contributed by atoms with E-state index in [0.717, 1.165) is 0 Å². The molecule has 0 saturated carbocycles. The zero-order valence-electron chi connectivity index (χ0n) is 8.87. The minimum Gasteiger partial charge on any atom is -0.381 e. The van der Waals surface area contributed by atoms with Crippen molar-refractivity contribution in [2.75, 3.05) is 16.8 Å². The van der Waals surface area contributed by atoms with Crippen molar-refractivity contribution in [2.45, 2.75) is 24.8 Å². The van der Waals surface area contributed by atoms with E-state index in [9.17, 15) is 0 Å². The van der Waals surface area contributed by atoms with E-state index in [1.54, 1.807) is 0 Å². The maximum absolute atomic E-state index is 6.15. The third-order valence-electron chi connectivity index (χ3n) is 2.68. The Morgan fingerprint density at radius 1 is 1.47 bits per heavy atom. The van der Waals surface area contributed by atoms with Gasteiger partial charge in [0.05, 0.1) is 5.38 Å². The molecule has 1 nitrogen and oxygen atoms in total. The Bertz CT molecular complexity index is 321. The molecule has 1 aromatic carbocycles. The second-order valence-corrected chi connectivity index (χ2v) is 5.71. The fourth-order valence-corrected chi connectivity index (χ4v) is 3.19. The van der Waals surface area contributed by atoms with Gasteiger partial charge in [0.15, 0.2) is 0 Å². The number of halogens is 1. The first kappa shape index (κ1) is 11.2. The Morgan fingerprint density at radius 3 is 2.93 bits per heavy atom. The standard InChI is InChI=1S/C12H16ClNS/c1-9(13)11-4-2-3-5-12(11)14-10-6-7-15-8-10/h2-5,9-10,14H,6-8H2,1H3. The van der Waals surface area contributed by atoms with Crippen molar-refractivity contribution in [3.63, 3.8) is 0 Å². The highest BCUT2D eigenvalue weighted by Gasteiger charge is 2.16. The third-order valence-corrected chi connectivity index (χ3v) is 4.08. The molecule has 1 N–H and O–H groups in total. The summed E-state index contributed by atoms with van der Waals surface area (Å²) in [5, 5.41) is 3.66. The van der Waals surface area contributed by atoms with E-state index in [4.69, 9.17) is 11.6 Å². The minimum absolute atomic E-state index is 0.0720. The summed E-state index contributed by atoms with van der Waals surface area (Å²) < 4.78 is 0. The van der Waals surface area contributed by atoms with E-state index in [1.807, 2.05) is 24.8 Å². The Kier molecular flexibility index (Phi) is 3.81. The lowest BCUT2D eigenvalue weighted by molar-refractivity contribution is 0.809. The van der Waals surface area contributed by atoms with Gasteiger partial charge in [-0.2, -0.15) is 11.8 Å². The molecule has 2 rings (SSSR count). The van der Waals surface area contributed by atoms with Crippen molar-refractivity contribution in [1.29, 1.82) is 0 Å². The molecule has 0 aromatic heterocycles. The normalized spacial score (nSPS) is 22.7. The first-order valence-corrected chi connectivity index (χ1v) is 6.94. The SMILES string of the molecule is CC(Cl)c1ccccc1NC1CCSC1. The average molecular weight is 242 g/mol. The predicted octanol–water partition coefficient (Wildman–Crippen LogP) is 3.90. The van der Waals surface area contributed by atoms with Crippen LogP contribution in [0.25, 0.3) is 0 Å². The van der Waals surface area contributed by atoms with Crippen LogP contribution in [-0.2, 0) is 0 Å². The molecule has 0 bridgehead atoms. The number of thioether (sulfide) groups is 1. The Labute approximate surface area is 101 Å². The number of alkyl halides is 1. The highest BCUT2D eigenvalue weighted by atomic mass is 35.5. The molecule has 1 aromatic rings. The van der Waals surface area contributed by atoms with Crippen LogP contribution in [-0.4, -0.2) is 17.5 Å². The maximum atomic E-state index is 6.15. The van der Waals surface area contributed by atoms with E-state index in [0.29, 0.717) is 6.04 Å². The minimum atomic E-state index is 0.0720. The number of anilines is 1. The van der Waals surface area contributed by atoms with E-state index < -0.39 is 0 Å². The number of para-hydroxylation sites is 1. The number of hydrogen-bond acceptors (Lipinski definition) is 2. The van der Waals surface area contributed by atoms with Crippen LogP contribution in [0.5, 0.6) is 0 Å². The molecule has 0 spiro atoms. The molecule has 15 heavy (non-hydrogen) atoms. The van der Waals surface area contributed by atoms with Crippen molar-refractivity contribution in [3.05, 3.63) is 29.8 Å². The van der Waals surface area contributed by atoms with Gasteiger partial charge in [0.2, 0.25) is 0 Å². The molecule has 3 heteroatoms. The maximum Gasteiger partial charge on any atom is 0.0577 e. The topological polar surface area (TPSA) is 12.0 Å². The largest absolute Gasteiger partial charge is 0.381 e. The smallest absolute Gasteiger partial charge is 0.0577 e. The highest BCUT2D eigenvalue weighted by molar-refractivity contribution is 7.99. The number of benzene rings is 1. The van der Waals surface area contributed by atoms with Crippen LogP contribution >= 0.6 is 23.4 Å². The van der Waals surface area contributed by atoms with Crippen molar-refractivity contribution in [1.82, 2.24) is 0 Å². The van der Waals surface area contributed by atoms with Crippen LogP contribution in [0.4, 0.5) is 5.69 Å². The molecule has 2 atom stereocenters. The molecule has 0 amide bonds. The van der Waals surface area contributed by atoms with E-state index in [1.165, 1.54) is 29.2 Å². The first-order valence-electron chi connectivity index (χ1n) is 5.34. The van der Waals surface area contributed by atoms with Crippen molar-refractivity contribution in [3.8, 4) is 0 Å². The van der Waals surface area contributed by atoms with Gasteiger partial charge in [0.25, 0.3) is 0 Å². The lowest BCUT2D eigenvalue weighted by Crippen LogP contribution is -2.19. The second kappa shape index (κ2) is 5.13. The molecule has 82 valence electrons. The van der Waals surface area contributed by atoms with Crippen LogP contribution in [0, 0.1) is 0 Å². The summed E-state index contributed by atoms with van der Waals surface area (Å²) in [5.74, 6) is 2.49.